The summed E-state index contributed by atoms with van der Waals surface area (Å²) in [5, 5.41) is 3.04. The number of piperazine rings is 1. The third-order valence-electron chi connectivity index (χ3n) is 6.46. The van der Waals surface area contributed by atoms with Crippen LogP contribution in [0, 0.1) is 0 Å². The number of amides is 1. The molecule has 1 saturated heterocycles. The number of nitrogens with zero attached hydrogens (tertiary/aromatic N) is 2. The van der Waals surface area contributed by atoms with E-state index < -0.39 is 12.1 Å². The predicted molar refractivity (Wildman–Crippen MR) is 131 cm³/mol. The molecule has 0 N–H and O–H groups in total. The molecule has 2 heterocycles. The van der Waals surface area contributed by atoms with Crippen molar-refractivity contribution in [3.63, 3.8) is 0 Å². The molecule has 1 unspecified atom stereocenters. The zero-order valence-electron chi connectivity index (χ0n) is 19.3. The Balaban J connectivity index is 1.17. The van der Waals surface area contributed by atoms with Crippen molar-refractivity contribution < 1.29 is 18.7 Å². The summed E-state index contributed by atoms with van der Waals surface area (Å²) in [5.41, 5.74) is 2.77. The first-order valence-electron chi connectivity index (χ1n) is 11.7. The lowest BCUT2D eigenvalue weighted by molar-refractivity contribution is -0.159. The van der Waals surface area contributed by atoms with Crippen LogP contribution in [0.3, 0.4) is 0 Å². The first-order valence-corrected chi connectivity index (χ1v) is 11.7. The lowest BCUT2D eigenvalue weighted by atomic mass is 10.0. The monoisotopic (exact) mass is 456 g/mol. The molecule has 0 saturated carbocycles. The summed E-state index contributed by atoms with van der Waals surface area (Å²) in [7, 11) is 0. The zero-order valence-corrected chi connectivity index (χ0v) is 19.3. The van der Waals surface area contributed by atoms with E-state index in [1.807, 2.05) is 54.6 Å². The van der Waals surface area contributed by atoms with Gasteiger partial charge in [0, 0.05) is 43.7 Å². The SMILES string of the molecule is CC(OC(=O)Cc1coc2ccc3ccccc3c12)C(=O)N1CCN(Cc2ccccc2)CC1. The molecule has 1 aliphatic heterocycles. The lowest BCUT2D eigenvalue weighted by Crippen LogP contribution is -2.51. The summed E-state index contributed by atoms with van der Waals surface area (Å²) in [6.45, 7) is 5.39. The lowest BCUT2D eigenvalue weighted by Gasteiger charge is -2.35. The van der Waals surface area contributed by atoms with Gasteiger partial charge in [0.05, 0.1) is 12.7 Å². The van der Waals surface area contributed by atoms with E-state index in [0.717, 1.165) is 46.9 Å². The Kier molecular flexibility index (Phi) is 6.32. The molecule has 6 heteroatoms. The molecule has 0 radical (unpaired) electrons. The van der Waals surface area contributed by atoms with Crippen molar-refractivity contribution in [1.82, 2.24) is 9.80 Å². The third kappa shape index (κ3) is 4.68. The van der Waals surface area contributed by atoms with E-state index in [0.29, 0.717) is 13.1 Å². The summed E-state index contributed by atoms with van der Waals surface area (Å²) in [6.07, 6.45) is 0.850. The van der Waals surface area contributed by atoms with Gasteiger partial charge in [0.25, 0.3) is 5.91 Å². The van der Waals surface area contributed by atoms with Gasteiger partial charge in [0.15, 0.2) is 6.10 Å². The van der Waals surface area contributed by atoms with Crippen LogP contribution < -0.4 is 0 Å². The van der Waals surface area contributed by atoms with Gasteiger partial charge in [0.1, 0.15) is 5.58 Å². The fourth-order valence-electron chi connectivity index (χ4n) is 4.67. The number of rotatable bonds is 6. The number of furan rings is 1. The molecule has 34 heavy (non-hydrogen) atoms. The summed E-state index contributed by atoms with van der Waals surface area (Å²) >= 11 is 0. The van der Waals surface area contributed by atoms with Crippen molar-refractivity contribution in [1.29, 1.82) is 0 Å². The Labute approximate surface area is 198 Å². The molecule has 1 amide bonds. The van der Waals surface area contributed by atoms with Gasteiger partial charge >= 0.3 is 5.97 Å². The van der Waals surface area contributed by atoms with Crippen LogP contribution in [0.25, 0.3) is 21.7 Å². The molecule has 6 nitrogen and oxygen atoms in total. The molecule has 0 aliphatic carbocycles. The Morgan fingerprint density at radius 1 is 0.941 bits per heavy atom. The Morgan fingerprint density at radius 3 is 2.47 bits per heavy atom. The second-order valence-corrected chi connectivity index (χ2v) is 8.82. The molecule has 5 rings (SSSR count). The summed E-state index contributed by atoms with van der Waals surface area (Å²) in [4.78, 5) is 29.7. The molecule has 0 spiro atoms. The van der Waals surface area contributed by atoms with E-state index in [9.17, 15) is 9.59 Å². The Bertz CT molecular complexity index is 1310. The number of carbonyl (C=O) groups excluding carboxylic acids is 2. The van der Waals surface area contributed by atoms with Crippen molar-refractivity contribution in [2.45, 2.75) is 26.0 Å². The number of hydrogen-bond acceptors (Lipinski definition) is 5. The van der Waals surface area contributed by atoms with Crippen LogP contribution in [0.1, 0.15) is 18.1 Å². The minimum Gasteiger partial charge on any atom is -0.464 e. The maximum atomic E-state index is 12.9. The summed E-state index contributed by atoms with van der Waals surface area (Å²) < 4.78 is 11.2. The zero-order chi connectivity index (χ0) is 23.5. The van der Waals surface area contributed by atoms with Crippen LogP contribution >= 0.6 is 0 Å². The van der Waals surface area contributed by atoms with E-state index in [4.69, 9.17) is 9.15 Å². The number of ether oxygens (including phenoxy) is 1. The van der Waals surface area contributed by atoms with Crippen molar-refractivity contribution in [2.24, 2.45) is 0 Å². The van der Waals surface area contributed by atoms with Crippen LogP contribution in [0.15, 0.2) is 77.4 Å². The summed E-state index contributed by atoms with van der Waals surface area (Å²) in [5.74, 6) is -0.575. The molecule has 0 bridgehead atoms. The average Bonchev–Trinajstić information content (AvgIpc) is 3.27. The van der Waals surface area contributed by atoms with E-state index >= 15 is 0 Å². The van der Waals surface area contributed by atoms with Gasteiger partial charge in [0.2, 0.25) is 0 Å². The standard InChI is InChI=1S/C28H28N2O4/c1-20(28(32)30-15-13-29(14-16-30)18-21-7-3-2-4-8-21)34-26(31)17-23-19-33-25-12-11-22-9-5-6-10-24(22)27(23)25/h2-12,19-20H,13-18H2,1H3. The number of benzene rings is 3. The Morgan fingerprint density at radius 2 is 1.68 bits per heavy atom. The predicted octanol–water partition coefficient (Wildman–Crippen LogP) is 4.40. The van der Waals surface area contributed by atoms with Crippen molar-refractivity contribution in [2.75, 3.05) is 26.2 Å². The van der Waals surface area contributed by atoms with Gasteiger partial charge in [-0.3, -0.25) is 14.5 Å². The van der Waals surface area contributed by atoms with Gasteiger partial charge in [-0.2, -0.15) is 0 Å². The minimum absolute atomic E-state index is 0.0590. The smallest absolute Gasteiger partial charge is 0.311 e. The van der Waals surface area contributed by atoms with E-state index in [1.54, 1.807) is 18.1 Å². The highest BCUT2D eigenvalue weighted by atomic mass is 16.5. The highest BCUT2D eigenvalue weighted by molar-refractivity contribution is 6.08. The molecule has 1 aliphatic rings. The molecule has 1 fully saturated rings. The van der Waals surface area contributed by atoms with Gasteiger partial charge in [-0.15, -0.1) is 0 Å². The second kappa shape index (κ2) is 9.69. The molecule has 1 aromatic heterocycles. The van der Waals surface area contributed by atoms with Crippen LogP contribution in [-0.4, -0.2) is 54.0 Å². The van der Waals surface area contributed by atoms with E-state index in [1.165, 1.54) is 5.56 Å². The van der Waals surface area contributed by atoms with Crippen LogP contribution in [0.2, 0.25) is 0 Å². The minimum atomic E-state index is -0.817. The largest absolute Gasteiger partial charge is 0.464 e. The number of esters is 1. The van der Waals surface area contributed by atoms with Gasteiger partial charge in [-0.05, 0) is 29.3 Å². The van der Waals surface area contributed by atoms with Crippen molar-refractivity contribution >= 4 is 33.6 Å². The van der Waals surface area contributed by atoms with E-state index in [-0.39, 0.29) is 12.3 Å². The van der Waals surface area contributed by atoms with Crippen LogP contribution in [0.5, 0.6) is 0 Å². The highest BCUT2D eigenvalue weighted by Crippen LogP contribution is 2.30. The highest BCUT2D eigenvalue weighted by Gasteiger charge is 2.27. The van der Waals surface area contributed by atoms with E-state index in [2.05, 4.69) is 17.0 Å². The topological polar surface area (TPSA) is 63.0 Å². The summed E-state index contributed by atoms with van der Waals surface area (Å²) in [6, 6.07) is 22.2. The van der Waals surface area contributed by atoms with Gasteiger partial charge in [-0.25, -0.2) is 0 Å². The number of fused-ring (bicyclic) bond motifs is 3. The van der Waals surface area contributed by atoms with Crippen molar-refractivity contribution in [3.8, 4) is 0 Å². The number of hydrogen-bond donors (Lipinski definition) is 0. The second-order valence-electron chi connectivity index (χ2n) is 8.82. The maximum absolute atomic E-state index is 12.9. The fourth-order valence-corrected chi connectivity index (χ4v) is 4.67. The molecule has 3 aromatic carbocycles. The van der Waals surface area contributed by atoms with Crippen LogP contribution in [0.4, 0.5) is 0 Å². The Hall–Kier alpha value is -3.64. The molecule has 1 atom stereocenters. The van der Waals surface area contributed by atoms with Gasteiger partial charge < -0.3 is 14.1 Å². The first kappa shape index (κ1) is 22.2. The fraction of sp³-hybridized carbons (Fsp3) is 0.286. The van der Waals surface area contributed by atoms with Crippen molar-refractivity contribution in [3.05, 3.63) is 84.1 Å². The average molecular weight is 457 g/mol. The maximum Gasteiger partial charge on any atom is 0.311 e. The molecule has 174 valence electrons. The third-order valence-corrected chi connectivity index (χ3v) is 6.46. The molecular weight excluding hydrogens is 428 g/mol. The van der Waals surface area contributed by atoms with Gasteiger partial charge in [-0.1, -0.05) is 60.7 Å². The first-order chi connectivity index (χ1) is 16.6. The molecule has 4 aromatic rings. The molecular formula is C28H28N2O4. The quantitative estimate of drug-likeness (QED) is 0.403. The normalized spacial score (nSPS) is 15.5. The number of carbonyl (C=O) groups is 2. The van der Waals surface area contributed by atoms with Crippen LogP contribution in [-0.2, 0) is 27.3 Å².